The van der Waals surface area contributed by atoms with Crippen molar-refractivity contribution >= 4 is 11.9 Å². The monoisotopic (exact) mass is 434 g/mol. The standard InChI is InChI=1S/C24H34O7/c1-14-10-20(30-16(3)26)24(13-28-15(2)25)18(6-5-8-23(24)12-29-23)22(14,4)19-11-17-7-9-27-21(17)31-19/h7,9,14,17-21H,5-6,8,10-13H2,1-4H3/t14-,17+,18+,19-,20+,21-,22-,23-,24-/m0/s1. The predicted octanol–water partition coefficient (Wildman–Crippen LogP) is 3.36. The van der Waals surface area contributed by atoms with E-state index in [0.717, 1.165) is 25.7 Å². The minimum Gasteiger partial charge on any atom is -0.472 e. The third-order valence-electron chi connectivity index (χ3n) is 9.18. The number of esters is 2. The zero-order valence-electron chi connectivity index (χ0n) is 18.9. The van der Waals surface area contributed by atoms with Gasteiger partial charge < -0.3 is 23.7 Å². The maximum atomic E-state index is 12.1. The summed E-state index contributed by atoms with van der Waals surface area (Å²) in [6.07, 6.45) is 7.82. The van der Waals surface area contributed by atoms with E-state index in [4.69, 9.17) is 23.7 Å². The van der Waals surface area contributed by atoms with Gasteiger partial charge in [0.2, 0.25) is 6.29 Å². The lowest BCUT2D eigenvalue weighted by atomic mass is 9.42. The molecule has 3 aliphatic heterocycles. The molecule has 2 saturated heterocycles. The molecule has 7 nitrogen and oxygen atoms in total. The third-order valence-corrected chi connectivity index (χ3v) is 9.18. The average molecular weight is 435 g/mol. The molecule has 1 spiro atoms. The Kier molecular flexibility index (Phi) is 4.94. The van der Waals surface area contributed by atoms with Crippen molar-refractivity contribution in [3.63, 3.8) is 0 Å². The van der Waals surface area contributed by atoms with Crippen molar-refractivity contribution in [3.8, 4) is 0 Å². The highest BCUT2D eigenvalue weighted by Gasteiger charge is 2.76. The summed E-state index contributed by atoms with van der Waals surface area (Å²) in [6.45, 7) is 8.30. The van der Waals surface area contributed by atoms with Gasteiger partial charge in [-0.25, -0.2) is 0 Å². The summed E-state index contributed by atoms with van der Waals surface area (Å²) >= 11 is 0. The van der Waals surface area contributed by atoms with Crippen molar-refractivity contribution in [2.75, 3.05) is 13.2 Å². The molecule has 9 atom stereocenters. The van der Waals surface area contributed by atoms with Gasteiger partial charge in [0.05, 0.1) is 24.4 Å². The van der Waals surface area contributed by atoms with Gasteiger partial charge in [0.25, 0.3) is 0 Å². The van der Waals surface area contributed by atoms with Crippen molar-refractivity contribution in [1.29, 1.82) is 0 Å². The third kappa shape index (κ3) is 2.99. The van der Waals surface area contributed by atoms with Gasteiger partial charge in [-0.1, -0.05) is 20.3 Å². The lowest BCUT2D eigenvalue weighted by molar-refractivity contribution is -0.253. The van der Waals surface area contributed by atoms with E-state index in [-0.39, 0.29) is 60.2 Å². The van der Waals surface area contributed by atoms with E-state index in [1.54, 1.807) is 6.26 Å². The van der Waals surface area contributed by atoms with E-state index >= 15 is 0 Å². The lowest BCUT2D eigenvalue weighted by Crippen LogP contribution is -2.69. The van der Waals surface area contributed by atoms with Crippen LogP contribution in [0, 0.1) is 28.6 Å². The Bertz CT molecular complexity index is 789. The first-order valence-electron chi connectivity index (χ1n) is 11.6. The Hall–Kier alpha value is -1.60. The van der Waals surface area contributed by atoms with E-state index < -0.39 is 11.0 Å². The smallest absolute Gasteiger partial charge is 0.302 e. The molecule has 0 N–H and O–H groups in total. The van der Waals surface area contributed by atoms with Gasteiger partial charge in [-0.15, -0.1) is 0 Å². The number of hydrogen-bond acceptors (Lipinski definition) is 7. The Morgan fingerprint density at radius 3 is 2.61 bits per heavy atom. The van der Waals surface area contributed by atoms with Gasteiger partial charge in [-0.05, 0) is 43.6 Å². The highest BCUT2D eigenvalue weighted by molar-refractivity contribution is 5.67. The number of carbonyl (C=O) groups is 2. The van der Waals surface area contributed by atoms with Crippen LogP contribution >= 0.6 is 0 Å². The molecule has 7 heteroatoms. The minimum absolute atomic E-state index is 0.0244. The molecule has 5 rings (SSSR count). The van der Waals surface area contributed by atoms with E-state index in [2.05, 4.69) is 19.9 Å². The van der Waals surface area contributed by atoms with Crippen LogP contribution in [0.4, 0.5) is 0 Å². The molecule has 0 bridgehead atoms. The number of hydrogen-bond donors (Lipinski definition) is 0. The van der Waals surface area contributed by atoms with E-state index in [1.165, 1.54) is 13.8 Å². The maximum absolute atomic E-state index is 12.1. The molecule has 5 aliphatic rings. The molecule has 0 radical (unpaired) electrons. The van der Waals surface area contributed by atoms with Gasteiger partial charge in [0.15, 0.2) is 0 Å². The zero-order chi connectivity index (χ0) is 22.0. The maximum Gasteiger partial charge on any atom is 0.302 e. The summed E-state index contributed by atoms with van der Waals surface area (Å²) in [4.78, 5) is 24.0. The highest BCUT2D eigenvalue weighted by Crippen LogP contribution is 2.70. The molecule has 0 aromatic rings. The molecule has 3 heterocycles. The fourth-order valence-corrected chi connectivity index (χ4v) is 7.46. The van der Waals surface area contributed by atoms with Crippen molar-refractivity contribution in [2.45, 2.75) is 83.9 Å². The van der Waals surface area contributed by atoms with Crippen LogP contribution in [0.1, 0.15) is 59.8 Å². The quantitative estimate of drug-likeness (QED) is 0.496. The fraction of sp³-hybridized carbons (Fsp3) is 0.833. The topological polar surface area (TPSA) is 83.6 Å². The van der Waals surface area contributed by atoms with Gasteiger partial charge in [-0.2, -0.15) is 0 Å². The van der Waals surface area contributed by atoms with Crippen LogP contribution < -0.4 is 0 Å². The van der Waals surface area contributed by atoms with Gasteiger partial charge in [0.1, 0.15) is 18.3 Å². The zero-order valence-corrected chi connectivity index (χ0v) is 18.9. The molecule has 0 amide bonds. The number of carbonyl (C=O) groups excluding carboxylic acids is 2. The Morgan fingerprint density at radius 1 is 1.19 bits per heavy atom. The van der Waals surface area contributed by atoms with Crippen LogP contribution in [0.2, 0.25) is 0 Å². The number of fused-ring (bicyclic) bond motifs is 3. The summed E-state index contributed by atoms with van der Waals surface area (Å²) in [7, 11) is 0. The van der Waals surface area contributed by atoms with Crippen LogP contribution in [0.5, 0.6) is 0 Å². The second kappa shape index (κ2) is 7.20. The SMILES string of the molecule is CC(=O)OC[C@@]12[C@H](CCC[C@]13CO3)[C@@](C)([C@@H]1C[C@H]3C=CO[C@H]3O1)[C@@H](C)C[C@H]2OC(C)=O. The molecule has 2 saturated carbocycles. The number of rotatable bonds is 4. The molecule has 2 aliphatic carbocycles. The Balaban J connectivity index is 1.58. The van der Waals surface area contributed by atoms with Crippen molar-refractivity contribution in [1.82, 2.24) is 0 Å². The normalized spacial score (nSPS) is 49.8. The van der Waals surface area contributed by atoms with E-state index in [0.29, 0.717) is 13.0 Å². The summed E-state index contributed by atoms with van der Waals surface area (Å²) in [5, 5.41) is 0. The molecule has 4 fully saturated rings. The fourth-order valence-electron chi connectivity index (χ4n) is 7.46. The van der Waals surface area contributed by atoms with Crippen molar-refractivity contribution < 1.29 is 33.3 Å². The van der Waals surface area contributed by atoms with Crippen LogP contribution in [0.3, 0.4) is 0 Å². The van der Waals surface area contributed by atoms with Crippen LogP contribution in [0.15, 0.2) is 12.3 Å². The molecule has 0 unspecified atom stereocenters. The summed E-state index contributed by atoms with van der Waals surface area (Å²) in [5.41, 5.74) is -1.16. The first-order valence-corrected chi connectivity index (χ1v) is 11.6. The lowest BCUT2D eigenvalue weighted by Gasteiger charge is -2.64. The summed E-state index contributed by atoms with van der Waals surface area (Å²) in [5.74, 6) is 0.0539. The molecule has 0 aromatic heterocycles. The van der Waals surface area contributed by atoms with Gasteiger partial charge >= 0.3 is 11.9 Å². The highest BCUT2D eigenvalue weighted by atomic mass is 16.7. The second-order valence-electron chi connectivity index (χ2n) is 10.5. The summed E-state index contributed by atoms with van der Waals surface area (Å²) in [6, 6.07) is 0. The van der Waals surface area contributed by atoms with Gasteiger partial charge in [-0.3, -0.25) is 9.59 Å². The van der Waals surface area contributed by atoms with Crippen molar-refractivity contribution in [3.05, 3.63) is 12.3 Å². The second-order valence-corrected chi connectivity index (χ2v) is 10.5. The predicted molar refractivity (Wildman–Crippen MR) is 110 cm³/mol. The first kappa shape index (κ1) is 21.3. The van der Waals surface area contributed by atoms with E-state index in [1.807, 2.05) is 0 Å². The molecular weight excluding hydrogens is 400 g/mol. The Morgan fingerprint density at radius 2 is 1.97 bits per heavy atom. The molecule has 31 heavy (non-hydrogen) atoms. The number of ether oxygens (including phenoxy) is 5. The summed E-state index contributed by atoms with van der Waals surface area (Å²) < 4.78 is 30.0. The molecular formula is C24H34O7. The van der Waals surface area contributed by atoms with Gasteiger partial charge in [0, 0.05) is 25.2 Å². The average Bonchev–Trinajstić information content (AvgIpc) is 3.15. The van der Waals surface area contributed by atoms with Crippen LogP contribution in [-0.4, -0.2) is 49.3 Å². The molecule has 172 valence electrons. The van der Waals surface area contributed by atoms with E-state index in [9.17, 15) is 9.59 Å². The minimum atomic E-state index is -0.568. The van der Waals surface area contributed by atoms with Crippen LogP contribution in [-0.2, 0) is 33.3 Å². The van der Waals surface area contributed by atoms with Crippen LogP contribution in [0.25, 0.3) is 0 Å². The number of epoxide rings is 1. The van der Waals surface area contributed by atoms with Crippen molar-refractivity contribution in [2.24, 2.45) is 28.6 Å². The first-order chi connectivity index (χ1) is 14.7. The Labute approximate surface area is 183 Å². The molecule has 0 aromatic carbocycles. The largest absolute Gasteiger partial charge is 0.472 e.